The van der Waals surface area contributed by atoms with E-state index in [1.54, 1.807) is 24.3 Å². The third kappa shape index (κ3) is 4.16. The van der Waals surface area contributed by atoms with Crippen LogP contribution in [0.5, 0.6) is 0 Å². The number of carbonyl (C=O) groups is 2. The average Bonchev–Trinajstić information content (AvgIpc) is 2.63. The largest absolute Gasteiger partial charge is 0.349 e. The van der Waals surface area contributed by atoms with Crippen LogP contribution in [0.3, 0.4) is 0 Å². The molecule has 2 fully saturated rings. The van der Waals surface area contributed by atoms with Gasteiger partial charge >= 0.3 is 0 Å². The highest BCUT2D eigenvalue weighted by atomic mass is 16.2. The Labute approximate surface area is 144 Å². The lowest BCUT2D eigenvalue weighted by Gasteiger charge is -2.30. The van der Waals surface area contributed by atoms with E-state index < -0.39 is 0 Å². The Bertz CT molecular complexity index is 568. The van der Waals surface area contributed by atoms with Crippen LogP contribution in [0.2, 0.25) is 0 Å². The van der Waals surface area contributed by atoms with Gasteiger partial charge in [-0.3, -0.25) is 9.59 Å². The lowest BCUT2D eigenvalue weighted by atomic mass is 9.95. The van der Waals surface area contributed by atoms with Crippen LogP contribution in [0.25, 0.3) is 0 Å². The van der Waals surface area contributed by atoms with Crippen molar-refractivity contribution in [3.63, 3.8) is 0 Å². The van der Waals surface area contributed by atoms with E-state index in [0.717, 1.165) is 38.8 Å². The van der Waals surface area contributed by atoms with Crippen LogP contribution in [0.4, 0.5) is 0 Å². The summed E-state index contributed by atoms with van der Waals surface area (Å²) in [6.07, 6.45) is 7.99. The smallest absolute Gasteiger partial charge is 0.253 e. The second-order valence-electron chi connectivity index (χ2n) is 7.36. The Hall–Kier alpha value is -1.84. The molecule has 0 radical (unpaired) electrons. The van der Waals surface area contributed by atoms with Crippen LogP contribution in [0, 0.1) is 5.92 Å². The molecule has 4 heteroatoms. The predicted octanol–water partition coefficient (Wildman–Crippen LogP) is 3.62. The van der Waals surface area contributed by atoms with Gasteiger partial charge in [-0.25, -0.2) is 0 Å². The van der Waals surface area contributed by atoms with Crippen LogP contribution in [0.1, 0.15) is 72.6 Å². The number of hydrogen-bond acceptors (Lipinski definition) is 2. The van der Waals surface area contributed by atoms with Gasteiger partial charge in [-0.2, -0.15) is 0 Å². The van der Waals surface area contributed by atoms with Gasteiger partial charge in [0.2, 0.25) is 0 Å². The fourth-order valence-corrected chi connectivity index (χ4v) is 3.67. The topological polar surface area (TPSA) is 49.4 Å². The molecule has 1 N–H and O–H groups in total. The van der Waals surface area contributed by atoms with Crippen molar-refractivity contribution in [3.8, 4) is 0 Å². The molecular weight excluding hydrogens is 300 g/mol. The number of piperidine rings is 1. The molecule has 130 valence electrons. The Morgan fingerprint density at radius 1 is 0.917 bits per heavy atom. The molecule has 0 aromatic heterocycles. The predicted molar refractivity (Wildman–Crippen MR) is 95.1 cm³/mol. The number of rotatable bonds is 3. The number of likely N-dealkylation sites (tertiary alicyclic amines) is 1. The second-order valence-corrected chi connectivity index (χ2v) is 7.36. The first-order chi connectivity index (χ1) is 11.6. The standard InChI is InChI=1S/C20H28N2O2/c1-15-11-13-22(14-12-15)20(24)17-9-7-16(8-10-17)19(23)21-18-5-3-2-4-6-18/h7-10,15,18H,2-6,11-14H2,1H3,(H,21,23). The minimum atomic E-state index is -0.0207. The van der Waals surface area contributed by atoms with Crippen molar-refractivity contribution in [3.05, 3.63) is 35.4 Å². The summed E-state index contributed by atoms with van der Waals surface area (Å²) in [5, 5.41) is 3.12. The van der Waals surface area contributed by atoms with Crippen molar-refractivity contribution >= 4 is 11.8 Å². The molecule has 0 spiro atoms. The molecule has 2 aliphatic rings. The molecule has 3 rings (SSSR count). The molecule has 0 unspecified atom stereocenters. The first-order valence-electron chi connectivity index (χ1n) is 9.33. The third-order valence-corrected chi connectivity index (χ3v) is 5.41. The molecule has 1 saturated heterocycles. The molecule has 24 heavy (non-hydrogen) atoms. The Balaban J connectivity index is 1.58. The van der Waals surface area contributed by atoms with Gasteiger partial charge < -0.3 is 10.2 Å². The Morgan fingerprint density at radius 2 is 1.50 bits per heavy atom. The summed E-state index contributed by atoms with van der Waals surface area (Å²) < 4.78 is 0. The van der Waals surface area contributed by atoms with Crippen molar-refractivity contribution in [2.45, 2.75) is 57.9 Å². The SMILES string of the molecule is CC1CCN(C(=O)c2ccc(C(=O)NC3CCCCC3)cc2)CC1. The summed E-state index contributed by atoms with van der Waals surface area (Å²) in [5.74, 6) is 0.772. The highest BCUT2D eigenvalue weighted by Gasteiger charge is 2.22. The molecule has 4 nitrogen and oxygen atoms in total. The Kier molecular flexibility index (Phi) is 5.54. The lowest BCUT2D eigenvalue weighted by Crippen LogP contribution is -2.38. The first-order valence-corrected chi connectivity index (χ1v) is 9.33. The maximum Gasteiger partial charge on any atom is 0.253 e. The van der Waals surface area contributed by atoms with Crippen molar-refractivity contribution in [1.29, 1.82) is 0 Å². The van der Waals surface area contributed by atoms with Crippen molar-refractivity contribution in [2.24, 2.45) is 5.92 Å². The zero-order valence-corrected chi connectivity index (χ0v) is 14.6. The molecule has 0 atom stereocenters. The van der Waals surface area contributed by atoms with E-state index in [9.17, 15) is 9.59 Å². The number of nitrogens with one attached hydrogen (secondary N) is 1. The highest BCUT2D eigenvalue weighted by molar-refractivity contribution is 5.98. The minimum Gasteiger partial charge on any atom is -0.349 e. The molecule has 1 aromatic carbocycles. The quantitative estimate of drug-likeness (QED) is 0.921. The fourth-order valence-electron chi connectivity index (χ4n) is 3.67. The van der Waals surface area contributed by atoms with Gasteiger partial charge in [-0.15, -0.1) is 0 Å². The third-order valence-electron chi connectivity index (χ3n) is 5.41. The molecule has 1 aromatic rings. The molecular formula is C20H28N2O2. The summed E-state index contributed by atoms with van der Waals surface area (Å²) in [6.45, 7) is 3.91. The molecule has 1 aliphatic heterocycles. The van der Waals surface area contributed by atoms with Crippen LogP contribution < -0.4 is 5.32 Å². The maximum absolute atomic E-state index is 12.5. The van der Waals surface area contributed by atoms with Crippen LogP contribution in [-0.2, 0) is 0 Å². The van der Waals surface area contributed by atoms with E-state index >= 15 is 0 Å². The van der Waals surface area contributed by atoms with E-state index in [1.165, 1.54) is 19.3 Å². The summed E-state index contributed by atoms with van der Waals surface area (Å²) in [6, 6.07) is 7.44. The van der Waals surface area contributed by atoms with E-state index in [0.29, 0.717) is 23.1 Å². The molecule has 1 aliphatic carbocycles. The molecule has 1 saturated carbocycles. The monoisotopic (exact) mass is 328 g/mol. The van der Waals surface area contributed by atoms with Crippen LogP contribution >= 0.6 is 0 Å². The summed E-state index contributed by atoms with van der Waals surface area (Å²) in [5.41, 5.74) is 1.32. The van der Waals surface area contributed by atoms with Crippen molar-refractivity contribution in [1.82, 2.24) is 10.2 Å². The van der Waals surface area contributed by atoms with Gasteiger partial charge in [-0.1, -0.05) is 26.2 Å². The van der Waals surface area contributed by atoms with Gasteiger partial charge in [0, 0.05) is 30.3 Å². The van der Waals surface area contributed by atoms with Gasteiger partial charge in [0.25, 0.3) is 11.8 Å². The lowest BCUT2D eigenvalue weighted by molar-refractivity contribution is 0.0696. The molecule has 1 heterocycles. The van der Waals surface area contributed by atoms with E-state index in [2.05, 4.69) is 12.2 Å². The number of nitrogens with zero attached hydrogens (tertiary/aromatic N) is 1. The number of amides is 2. The highest BCUT2D eigenvalue weighted by Crippen LogP contribution is 2.19. The number of benzene rings is 1. The van der Waals surface area contributed by atoms with Crippen LogP contribution in [-0.4, -0.2) is 35.8 Å². The summed E-state index contributed by atoms with van der Waals surface area (Å²) in [4.78, 5) is 26.8. The minimum absolute atomic E-state index is 0.0207. The summed E-state index contributed by atoms with van der Waals surface area (Å²) >= 11 is 0. The second kappa shape index (κ2) is 7.82. The van der Waals surface area contributed by atoms with Gasteiger partial charge in [0.05, 0.1) is 0 Å². The first kappa shape index (κ1) is 17.0. The Morgan fingerprint density at radius 3 is 2.12 bits per heavy atom. The van der Waals surface area contributed by atoms with Gasteiger partial charge in [0.1, 0.15) is 0 Å². The van der Waals surface area contributed by atoms with Gasteiger partial charge in [0.15, 0.2) is 0 Å². The number of carbonyl (C=O) groups excluding carboxylic acids is 2. The summed E-state index contributed by atoms with van der Waals surface area (Å²) in [7, 11) is 0. The normalized spacial score (nSPS) is 20.0. The molecule has 2 amide bonds. The van der Waals surface area contributed by atoms with E-state index in [4.69, 9.17) is 0 Å². The van der Waals surface area contributed by atoms with E-state index in [1.807, 2.05) is 4.90 Å². The zero-order valence-electron chi connectivity index (χ0n) is 14.6. The molecule has 0 bridgehead atoms. The average molecular weight is 328 g/mol. The number of hydrogen-bond donors (Lipinski definition) is 1. The van der Waals surface area contributed by atoms with E-state index in [-0.39, 0.29) is 11.8 Å². The maximum atomic E-state index is 12.5. The van der Waals surface area contributed by atoms with Crippen molar-refractivity contribution < 1.29 is 9.59 Å². The van der Waals surface area contributed by atoms with Crippen molar-refractivity contribution in [2.75, 3.05) is 13.1 Å². The van der Waals surface area contributed by atoms with Gasteiger partial charge in [-0.05, 0) is 55.9 Å². The van der Waals surface area contributed by atoms with Crippen LogP contribution in [0.15, 0.2) is 24.3 Å². The zero-order chi connectivity index (χ0) is 16.9. The fraction of sp³-hybridized carbons (Fsp3) is 0.600.